The van der Waals surface area contributed by atoms with Crippen molar-refractivity contribution >= 4 is 40.0 Å². The summed E-state index contributed by atoms with van der Waals surface area (Å²) in [5.41, 5.74) is 2.46. The quantitative estimate of drug-likeness (QED) is 0.550. The molecular weight excluding hydrogens is 432 g/mol. The van der Waals surface area contributed by atoms with Crippen molar-refractivity contribution < 1.29 is 19.4 Å². The van der Waals surface area contributed by atoms with Crippen LogP contribution in [-0.4, -0.2) is 54.8 Å². The third-order valence-corrected chi connectivity index (χ3v) is 6.35. The summed E-state index contributed by atoms with van der Waals surface area (Å²) < 4.78 is 5.78. The van der Waals surface area contributed by atoms with Crippen molar-refractivity contribution in [3.05, 3.63) is 54.1 Å². The highest BCUT2D eigenvalue weighted by atomic mass is 16.5. The van der Waals surface area contributed by atoms with Crippen molar-refractivity contribution in [3.63, 3.8) is 0 Å². The molecule has 2 N–H and O–H groups in total. The molecule has 1 aliphatic heterocycles. The van der Waals surface area contributed by atoms with Crippen LogP contribution < -0.4 is 19.9 Å². The number of nitrogens with zero attached hydrogens (tertiary/aromatic N) is 3. The Hall–Kier alpha value is -3.81. The number of carbonyl (C=O) groups is 2. The molecule has 0 spiro atoms. The number of piperazine rings is 1. The maximum Gasteiger partial charge on any atom is 0.336 e. The number of carbonyl (C=O) groups excluding carboxylic acids is 1. The van der Waals surface area contributed by atoms with Crippen LogP contribution in [-0.2, 0) is 4.79 Å². The average molecular weight is 461 g/mol. The van der Waals surface area contributed by atoms with Gasteiger partial charge in [0.2, 0.25) is 5.91 Å². The van der Waals surface area contributed by atoms with Gasteiger partial charge in [-0.3, -0.25) is 4.79 Å². The maximum atomic E-state index is 12.1. The number of anilines is 3. The number of hydrogen-bond acceptors (Lipinski definition) is 6. The van der Waals surface area contributed by atoms with Crippen LogP contribution in [0, 0.1) is 5.92 Å². The predicted molar refractivity (Wildman–Crippen MR) is 132 cm³/mol. The van der Waals surface area contributed by atoms with Gasteiger partial charge in [0.15, 0.2) is 0 Å². The molecule has 1 saturated heterocycles. The zero-order valence-corrected chi connectivity index (χ0v) is 19.2. The van der Waals surface area contributed by atoms with Crippen molar-refractivity contribution in [1.82, 2.24) is 4.98 Å². The van der Waals surface area contributed by atoms with Gasteiger partial charge in [-0.1, -0.05) is 12.1 Å². The first-order chi connectivity index (χ1) is 16.5. The first-order valence-corrected chi connectivity index (χ1v) is 11.7. The van der Waals surface area contributed by atoms with Crippen LogP contribution in [0.2, 0.25) is 0 Å². The third-order valence-electron chi connectivity index (χ3n) is 6.35. The predicted octanol–water partition coefficient (Wildman–Crippen LogP) is 4.01. The smallest absolute Gasteiger partial charge is 0.336 e. The molecule has 3 aromatic rings. The number of fused-ring (bicyclic) bond motifs is 1. The SMILES string of the molecule is CCOc1ccccc1N1CCN(c2cc(C(=O)O)c3cc(NC(=O)C4CC4)ccc3n2)CC1. The van der Waals surface area contributed by atoms with E-state index in [1.165, 1.54) is 0 Å². The van der Waals surface area contributed by atoms with Gasteiger partial charge < -0.3 is 25.0 Å². The lowest BCUT2D eigenvalue weighted by molar-refractivity contribution is -0.117. The molecule has 0 radical (unpaired) electrons. The van der Waals surface area contributed by atoms with Crippen LogP contribution in [0.1, 0.15) is 30.1 Å². The molecule has 2 heterocycles. The highest BCUT2D eigenvalue weighted by Crippen LogP contribution is 2.32. The van der Waals surface area contributed by atoms with E-state index in [9.17, 15) is 14.7 Å². The lowest BCUT2D eigenvalue weighted by Gasteiger charge is -2.37. The minimum absolute atomic E-state index is 0.00964. The topological polar surface area (TPSA) is 95.0 Å². The minimum atomic E-state index is -1.01. The van der Waals surface area contributed by atoms with E-state index >= 15 is 0 Å². The number of ether oxygens (including phenoxy) is 1. The molecule has 5 rings (SSSR count). The molecular formula is C26H28N4O4. The highest BCUT2D eigenvalue weighted by molar-refractivity contribution is 6.05. The lowest BCUT2D eigenvalue weighted by atomic mass is 10.1. The molecule has 8 nitrogen and oxygen atoms in total. The second-order valence-corrected chi connectivity index (χ2v) is 8.70. The summed E-state index contributed by atoms with van der Waals surface area (Å²) in [7, 11) is 0. The van der Waals surface area contributed by atoms with Crippen molar-refractivity contribution in [2.24, 2.45) is 5.92 Å². The van der Waals surface area contributed by atoms with Crippen LogP contribution in [0.25, 0.3) is 10.9 Å². The first-order valence-electron chi connectivity index (χ1n) is 11.7. The zero-order chi connectivity index (χ0) is 23.7. The molecule has 1 aromatic heterocycles. The molecule has 2 aliphatic rings. The van der Waals surface area contributed by atoms with Crippen molar-refractivity contribution in [2.75, 3.05) is 47.9 Å². The Bertz CT molecular complexity index is 1230. The molecule has 0 atom stereocenters. The summed E-state index contributed by atoms with van der Waals surface area (Å²) in [5.74, 6) is 0.583. The Labute approximate surface area is 198 Å². The second kappa shape index (κ2) is 9.21. The van der Waals surface area contributed by atoms with Gasteiger partial charge in [-0.05, 0) is 56.2 Å². The molecule has 2 fully saturated rings. The Morgan fingerprint density at radius 3 is 2.50 bits per heavy atom. The van der Waals surface area contributed by atoms with Crippen molar-refractivity contribution in [2.45, 2.75) is 19.8 Å². The van der Waals surface area contributed by atoms with Crippen LogP contribution in [0.5, 0.6) is 5.75 Å². The third kappa shape index (κ3) is 4.48. The Morgan fingerprint density at radius 2 is 1.79 bits per heavy atom. The summed E-state index contributed by atoms with van der Waals surface area (Å²) in [6.45, 7) is 5.57. The number of benzene rings is 2. The van der Waals surface area contributed by atoms with E-state index in [4.69, 9.17) is 9.72 Å². The Kier molecular flexibility index (Phi) is 5.96. The number of carboxylic acids is 1. The van der Waals surface area contributed by atoms with E-state index in [2.05, 4.69) is 21.2 Å². The maximum absolute atomic E-state index is 12.1. The number of carboxylic acid groups (broad SMARTS) is 1. The zero-order valence-electron chi connectivity index (χ0n) is 19.2. The van der Waals surface area contributed by atoms with E-state index in [1.807, 2.05) is 25.1 Å². The van der Waals surface area contributed by atoms with Gasteiger partial charge in [0.1, 0.15) is 11.6 Å². The normalized spacial score (nSPS) is 15.9. The fraction of sp³-hybridized carbons (Fsp3) is 0.346. The van der Waals surface area contributed by atoms with Crippen LogP contribution in [0.15, 0.2) is 48.5 Å². The highest BCUT2D eigenvalue weighted by Gasteiger charge is 2.29. The number of rotatable bonds is 7. The van der Waals surface area contributed by atoms with Gasteiger partial charge in [0.25, 0.3) is 0 Å². The lowest BCUT2D eigenvalue weighted by Crippen LogP contribution is -2.47. The second-order valence-electron chi connectivity index (χ2n) is 8.70. The Balaban J connectivity index is 1.37. The van der Waals surface area contributed by atoms with E-state index in [-0.39, 0.29) is 17.4 Å². The van der Waals surface area contributed by atoms with Crippen molar-refractivity contribution in [1.29, 1.82) is 0 Å². The van der Waals surface area contributed by atoms with Gasteiger partial charge in [-0.2, -0.15) is 0 Å². The van der Waals surface area contributed by atoms with Crippen LogP contribution >= 0.6 is 0 Å². The minimum Gasteiger partial charge on any atom is -0.492 e. The van der Waals surface area contributed by atoms with Gasteiger partial charge in [-0.15, -0.1) is 0 Å². The largest absolute Gasteiger partial charge is 0.492 e. The summed E-state index contributed by atoms with van der Waals surface area (Å²) in [6.07, 6.45) is 1.82. The molecule has 1 saturated carbocycles. The molecule has 2 aromatic carbocycles. The number of nitrogens with one attached hydrogen (secondary N) is 1. The van der Waals surface area contributed by atoms with Crippen LogP contribution in [0.4, 0.5) is 17.2 Å². The molecule has 1 aliphatic carbocycles. The molecule has 34 heavy (non-hydrogen) atoms. The molecule has 1 amide bonds. The summed E-state index contributed by atoms with van der Waals surface area (Å²) in [6, 6.07) is 14.9. The number of amides is 1. The molecule has 8 heteroatoms. The van der Waals surface area contributed by atoms with E-state index in [0.29, 0.717) is 42.1 Å². The first kappa shape index (κ1) is 22.0. The van der Waals surface area contributed by atoms with Crippen LogP contribution in [0.3, 0.4) is 0 Å². The summed E-state index contributed by atoms with van der Waals surface area (Å²) in [5, 5.41) is 13.3. The summed E-state index contributed by atoms with van der Waals surface area (Å²) in [4.78, 5) is 33.4. The number of aromatic nitrogens is 1. The van der Waals surface area contributed by atoms with E-state index in [0.717, 1.165) is 37.4 Å². The number of aromatic carboxylic acids is 1. The standard InChI is InChI=1S/C26H28N4O4/c1-2-34-23-6-4-3-5-22(23)29-11-13-30(14-12-29)24-16-20(26(32)33)19-15-18(9-10-21(19)28-24)27-25(31)17-7-8-17/h3-6,9-10,15-17H,2,7-8,11-14H2,1H3,(H,27,31)(H,32,33). The molecule has 176 valence electrons. The van der Waals surface area contributed by atoms with Gasteiger partial charge in [0, 0.05) is 43.2 Å². The number of hydrogen-bond donors (Lipinski definition) is 2. The van der Waals surface area contributed by atoms with Gasteiger partial charge in [-0.25, -0.2) is 9.78 Å². The average Bonchev–Trinajstić information content (AvgIpc) is 3.70. The van der Waals surface area contributed by atoms with Crippen molar-refractivity contribution in [3.8, 4) is 5.75 Å². The fourth-order valence-electron chi connectivity index (χ4n) is 4.39. The van der Waals surface area contributed by atoms with Gasteiger partial charge >= 0.3 is 5.97 Å². The number of pyridine rings is 1. The monoisotopic (exact) mass is 460 g/mol. The molecule has 0 unspecified atom stereocenters. The molecule has 0 bridgehead atoms. The fourth-order valence-corrected chi connectivity index (χ4v) is 4.39. The van der Waals surface area contributed by atoms with E-state index < -0.39 is 5.97 Å². The summed E-state index contributed by atoms with van der Waals surface area (Å²) >= 11 is 0. The Morgan fingerprint density at radius 1 is 1.06 bits per heavy atom. The van der Waals surface area contributed by atoms with E-state index in [1.54, 1.807) is 24.3 Å². The van der Waals surface area contributed by atoms with Gasteiger partial charge in [0.05, 0.1) is 23.4 Å². The number of para-hydroxylation sites is 2.